The Labute approximate surface area is 138 Å². The highest BCUT2D eigenvalue weighted by atomic mass is 79.9. The van der Waals surface area contributed by atoms with E-state index in [1.54, 1.807) is 7.11 Å². The van der Waals surface area contributed by atoms with Crippen molar-refractivity contribution in [2.45, 2.75) is 19.3 Å². The van der Waals surface area contributed by atoms with E-state index < -0.39 is 0 Å². The van der Waals surface area contributed by atoms with Gasteiger partial charge in [-0.2, -0.15) is 0 Å². The number of rotatable bonds is 1. The van der Waals surface area contributed by atoms with Crippen molar-refractivity contribution in [2.24, 2.45) is 0 Å². The van der Waals surface area contributed by atoms with Crippen LogP contribution in [0.1, 0.15) is 17.5 Å². The monoisotopic (exact) mass is 353 g/mol. The number of hydrogen-bond acceptors (Lipinski definition) is 2. The molecule has 0 spiro atoms. The third kappa shape index (κ3) is 2.12. The number of aryl methyl sites for hydroxylation is 1. The van der Waals surface area contributed by atoms with E-state index in [0.717, 1.165) is 46.3 Å². The van der Waals surface area contributed by atoms with E-state index in [-0.39, 0.29) is 0 Å². The second-order valence-electron chi connectivity index (χ2n) is 5.65. The van der Waals surface area contributed by atoms with Crippen LogP contribution in [0.25, 0.3) is 22.2 Å². The van der Waals surface area contributed by atoms with Crippen LogP contribution in [0.3, 0.4) is 0 Å². The highest BCUT2D eigenvalue weighted by molar-refractivity contribution is 9.10. The fraction of sp³-hybridized carbons (Fsp3) is 0.211. The van der Waals surface area contributed by atoms with E-state index in [4.69, 9.17) is 9.72 Å². The molecule has 0 atom stereocenters. The summed E-state index contributed by atoms with van der Waals surface area (Å²) < 4.78 is 6.78. The van der Waals surface area contributed by atoms with Crippen LogP contribution in [0.5, 0.6) is 5.75 Å². The molecule has 110 valence electrons. The summed E-state index contributed by atoms with van der Waals surface area (Å²) >= 11 is 3.70. The molecule has 1 aliphatic rings. The predicted octanol–water partition coefficient (Wildman–Crippen LogP) is 5.16. The van der Waals surface area contributed by atoms with E-state index in [9.17, 15) is 0 Å². The Hall–Kier alpha value is -1.87. The van der Waals surface area contributed by atoms with Gasteiger partial charge in [0.05, 0.1) is 18.3 Å². The summed E-state index contributed by atoms with van der Waals surface area (Å²) in [6.07, 6.45) is 3.23. The number of hydrogen-bond donors (Lipinski definition) is 0. The van der Waals surface area contributed by atoms with Gasteiger partial charge < -0.3 is 4.74 Å². The number of methoxy groups -OCH3 is 1. The largest absolute Gasteiger partial charge is 0.496 e. The SMILES string of the molecule is COc1ccc(Br)c2c1-c1nc3ccccc3cc1CCC2. The van der Waals surface area contributed by atoms with Gasteiger partial charge in [0.25, 0.3) is 0 Å². The average molecular weight is 354 g/mol. The topological polar surface area (TPSA) is 22.1 Å². The minimum Gasteiger partial charge on any atom is -0.496 e. The number of aromatic nitrogens is 1. The first-order valence-electron chi connectivity index (χ1n) is 7.52. The van der Waals surface area contributed by atoms with E-state index in [2.05, 4.69) is 46.3 Å². The van der Waals surface area contributed by atoms with Crippen molar-refractivity contribution in [3.05, 3.63) is 58.1 Å². The lowest BCUT2D eigenvalue weighted by Crippen LogP contribution is -1.97. The van der Waals surface area contributed by atoms with Crippen LogP contribution in [0.4, 0.5) is 0 Å². The fourth-order valence-corrected chi connectivity index (χ4v) is 3.83. The van der Waals surface area contributed by atoms with Gasteiger partial charge in [0.1, 0.15) is 5.75 Å². The number of para-hydroxylation sites is 1. The molecule has 22 heavy (non-hydrogen) atoms. The molecule has 2 aromatic carbocycles. The maximum atomic E-state index is 5.63. The Kier molecular flexibility index (Phi) is 3.38. The van der Waals surface area contributed by atoms with Crippen LogP contribution < -0.4 is 4.74 Å². The van der Waals surface area contributed by atoms with Gasteiger partial charge in [-0.25, -0.2) is 4.98 Å². The molecule has 1 aliphatic carbocycles. The molecule has 1 aromatic heterocycles. The normalized spacial score (nSPS) is 13.4. The van der Waals surface area contributed by atoms with Crippen molar-refractivity contribution >= 4 is 26.8 Å². The van der Waals surface area contributed by atoms with Gasteiger partial charge in [0.15, 0.2) is 0 Å². The van der Waals surface area contributed by atoms with Gasteiger partial charge in [-0.3, -0.25) is 0 Å². The van der Waals surface area contributed by atoms with E-state index in [0.29, 0.717) is 0 Å². The minimum atomic E-state index is 0.907. The first-order valence-corrected chi connectivity index (χ1v) is 8.31. The summed E-state index contributed by atoms with van der Waals surface area (Å²) in [5, 5.41) is 1.21. The van der Waals surface area contributed by atoms with Gasteiger partial charge in [-0.05, 0) is 54.7 Å². The number of ether oxygens (including phenoxy) is 1. The van der Waals surface area contributed by atoms with Crippen LogP contribution >= 0.6 is 15.9 Å². The first-order chi connectivity index (χ1) is 10.8. The van der Waals surface area contributed by atoms with Crippen LogP contribution in [0.2, 0.25) is 0 Å². The molecule has 0 saturated heterocycles. The number of pyridine rings is 1. The lowest BCUT2D eigenvalue weighted by molar-refractivity contribution is 0.416. The molecular formula is C19H16BrNO. The van der Waals surface area contributed by atoms with Crippen molar-refractivity contribution in [1.82, 2.24) is 4.98 Å². The van der Waals surface area contributed by atoms with Gasteiger partial charge in [-0.1, -0.05) is 34.1 Å². The highest BCUT2D eigenvalue weighted by Gasteiger charge is 2.22. The summed E-state index contributed by atoms with van der Waals surface area (Å²) in [6.45, 7) is 0. The molecule has 1 heterocycles. The second kappa shape index (κ2) is 5.40. The summed E-state index contributed by atoms with van der Waals surface area (Å²) in [5.74, 6) is 0.907. The molecule has 0 aliphatic heterocycles. The van der Waals surface area contributed by atoms with Crippen LogP contribution in [-0.4, -0.2) is 12.1 Å². The molecule has 0 unspecified atom stereocenters. The summed E-state index contributed by atoms with van der Waals surface area (Å²) in [5.41, 5.74) is 5.88. The van der Waals surface area contributed by atoms with Gasteiger partial charge >= 0.3 is 0 Å². The zero-order valence-corrected chi connectivity index (χ0v) is 14.0. The number of nitrogens with zero attached hydrogens (tertiary/aromatic N) is 1. The summed E-state index contributed by atoms with van der Waals surface area (Å²) in [7, 11) is 1.73. The first kappa shape index (κ1) is 13.8. The Morgan fingerprint density at radius 1 is 1.09 bits per heavy atom. The van der Waals surface area contributed by atoms with Crippen LogP contribution in [0.15, 0.2) is 46.9 Å². The average Bonchev–Trinajstić information content (AvgIpc) is 2.73. The van der Waals surface area contributed by atoms with Gasteiger partial charge in [0.2, 0.25) is 0 Å². The van der Waals surface area contributed by atoms with E-state index >= 15 is 0 Å². The molecule has 2 nitrogen and oxygen atoms in total. The zero-order chi connectivity index (χ0) is 15.1. The lowest BCUT2D eigenvalue weighted by atomic mass is 9.99. The maximum Gasteiger partial charge on any atom is 0.128 e. The second-order valence-corrected chi connectivity index (χ2v) is 6.50. The van der Waals surface area contributed by atoms with Crippen molar-refractivity contribution in [3.8, 4) is 17.0 Å². The van der Waals surface area contributed by atoms with Crippen molar-refractivity contribution in [3.63, 3.8) is 0 Å². The summed E-state index contributed by atoms with van der Waals surface area (Å²) in [4.78, 5) is 4.97. The molecular weight excluding hydrogens is 338 g/mol. The van der Waals surface area contributed by atoms with E-state index in [1.807, 2.05) is 12.1 Å². The molecule has 0 bridgehead atoms. The fourth-order valence-electron chi connectivity index (χ4n) is 3.30. The molecule has 3 heteroatoms. The molecule has 0 N–H and O–H groups in total. The van der Waals surface area contributed by atoms with Crippen LogP contribution in [0, 0.1) is 0 Å². The molecule has 0 radical (unpaired) electrons. The third-order valence-corrected chi connectivity index (χ3v) is 5.09. The molecule has 0 amide bonds. The Morgan fingerprint density at radius 3 is 2.82 bits per heavy atom. The van der Waals surface area contributed by atoms with Crippen molar-refractivity contribution in [2.75, 3.05) is 7.11 Å². The Morgan fingerprint density at radius 2 is 1.95 bits per heavy atom. The number of halogens is 1. The minimum absolute atomic E-state index is 0.907. The van der Waals surface area contributed by atoms with Crippen molar-refractivity contribution < 1.29 is 4.74 Å². The quantitative estimate of drug-likeness (QED) is 0.602. The smallest absolute Gasteiger partial charge is 0.128 e. The third-order valence-electron chi connectivity index (χ3n) is 4.35. The highest BCUT2D eigenvalue weighted by Crippen LogP contribution is 2.41. The Balaban J connectivity index is 2.09. The zero-order valence-electron chi connectivity index (χ0n) is 12.4. The van der Waals surface area contributed by atoms with Crippen LogP contribution in [-0.2, 0) is 12.8 Å². The van der Waals surface area contributed by atoms with Crippen molar-refractivity contribution in [1.29, 1.82) is 0 Å². The molecule has 3 aromatic rings. The predicted molar refractivity (Wildman–Crippen MR) is 93.5 cm³/mol. The molecule has 4 rings (SSSR count). The number of fused-ring (bicyclic) bond motifs is 4. The maximum absolute atomic E-state index is 5.63. The number of benzene rings is 2. The molecule has 0 saturated carbocycles. The Bertz CT molecular complexity index is 873. The lowest BCUT2D eigenvalue weighted by Gasteiger charge is -2.15. The van der Waals surface area contributed by atoms with E-state index in [1.165, 1.54) is 16.5 Å². The standard InChI is InChI=1S/C19H16BrNO/c1-22-17-10-9-15(20)14-7-4-6-13-11-12-5-2-3-8-16(12)21-19(13)18(14)17/h2-3,5,8-11H,4,6-7H2,1H3. The van der Waals surface area contributed by atoms with Gasteiger partial charge in [0, 0.05) is 15.4 Å². The van der Waals surface area contributed by atoms with Gasteiger partial charge in [-0.15, -0.1) is 0 Å². The summed E-state index contributed by atoms with van der Waals surface area (Å²) in [6, 6.07) is 14.7. The molecule has 0 fully saturated rings.